The van der Waals surface area contributed by atoms with Crippen molar-refractivity contribution in [3.63, 3.8) is 0 Å². The number of aliphatic hydroxyl groups is 1. The lowest BCUT2D eigenvalue weighted by Crippen LogP contribution is -2.30. The van der Waals surface area contributed by atoms with Crippen molar-refractivity contribution >= 4 is 0 Å². The molecule has 3 N–H and O–H groups in total. The quantitative estimate of drug-likeness (QED) is 0.600. The number of H-pyrrole nitrogens is 1. The van der Waals surface area contributed by atoms with Crippen molar-refractivity contribution < 1.29 is 5.11 Å². The normalized spacial score (nSPS) is 13.2. The third-order valence-corrected chi connectivity index (χ3v) is 1.84. The van der Waals surface area contributed by atoms with Gasteiger partial charge in [0.2, 0.25) is 0 Å². The van der Waals surface area contributed by atoms with E-state index >= 15 is 0 Å². The minimum atomic E-state index is 0.198. The van der Waals surface area contributed by atoms with E-state index in [0.717, 1.165) is 13.0 Å². The number of nitrogens with one attached hydrogen (secondary N) is 2. The summed E-state index contributed by atoms with van der Waals surface area (Å²) in [5, 5.41) is 11.9. The van der Waals surface area contributed by atoms with Gasteiger partial charge in [-0.2, -0.15) is 0 Å². The second-order valence-corrected chi connectivity index (χ2v) is 3.01. The summed E-state index contributed by atoms with van der Waals surface area (Å²) in [4.78, 5) is 3.00. The van der Waals surface area contributed by atoms with Gasteiger partial charge in [-0.1, -0.05) is 0 Å². The predicted molar refractivity (Wildman–Crippen MR) is 49.0 cm³/mol. The Bertz CT molecular complexity index is 196. The van der Waals surface area contributed by atoms with E-state index in [2.05, 4.69) is 16.4 Å². The molecule has 0 saturated heterocycles. The van der Waals surface area contributed by atoms with E-state index in [1.54, 1.807) is 0 Å². The summed E-state index contributed by atoms with van der Waals surface area (Å²) in [5.41, 5.74) is 1.30. The smallest absolute Gasteiger partial charge is 0.0581 e. The molecule has 3 nitrogen and oxygen atoms in total. The first-order valence-electron chi connectivity index (χ1n) is 4.29. The van der Waals surface area contributed by atoms with Gasteiger partial charge in [0.25, 0.3) is 0 Å². The van der Waals surface area contributed by atoms with Crippen LogP contribution in [-0.2, 0) is 6.42 Å². The molecule has 1 aromatic heterocycles. The summed E-state index contributed by atoms with van der Waals surface area (Å²) in [6.45, 7) is 3.09. The summed E-state index contributed by atoms with van der Waals surface area (Å²) in [6, 6.07) is 2.26. The minimum Gasteiger partial charge on any atom is -0.395 e. The zero-order chi connectivity index (χ0) is 8.81. The first-order chi connectivity index (χ1) is 5.83. The van der Waals surface area contributed by atoms with Gasteiger partial charge in [-0.15, -0.1) is 0 Å². The summed E-state index contributed by atoms with van der Waals surface area (Å²) in [5.74, 6) is 0. The topological polar surface area (TPSA) is 48.0 Å². The minimum absolute atomic E-state index is 0.198. The van der Waals surface area contributed by atoms with Crippen molar-refractivity contribution in [2.24, 2.45) is 0 Å². The molecule has 0 saturated carbocycles. The number of aromatic nitrogens is 1. The fourth-order valence-electron chi connectivity index (χ4n) is 1.04. The molecular formula is C9H16N2O. The Morgan fingerprint density at radius 2 is 2.50 bits per heavy atom. The number of rotatable bonds is 5. The maximum Gasteiger partial charge on any atom is 0.0581 e. The van der Waals surface area contributed by atoms with E-state index in [9.17, 15) is 0 Å². The van der Waals surface area contributed by atoms with Crippen LogP contribution in [0.5, 0.6) is 0 Å². The van der Waals surface area contributed by atoms with Crippen molar-refractivity contribution in [3.8, 4) is 0 Å². The van der Waals surface area contributed by atoms with Crippen LogP contribution in [0.1, 0.15) is 12.5 Å². The van der Waals surface area contributed by atoms with Crippen LogP contribution in [0.3, 0.4) is 0 Å². The van der Waals surface area contributed by atoms with Gasteiger partial charge in [-0.25, -0.2) is 0 Å². The van der Waals surface area contributed by atoms with Crippen LogP contribution < -0.4 is 5.32 Å². The molecule has 12 heavy (non-hydrogen) atoms. The fourth-order valence-corrected chi connectivity index (χ4v) is 1.04. The van der Waals surface area contributed by atoms with Crippen molar-refractivity contribution in [2.75, 3.05) is 13.2 Å². The maximum atomic E-state index is 8.72. The lowest BCUT2D eigenvalue weighted by molar-refractivity contribution is 0.252. The van der Waals surface area contributed by atoms with Crippen LogP contribution >= 0.6 is 0 Å². The Labute approximate surface area is 72.8 Å². The first-order valence-corrected chi connectivity index (χ1v) is 4.29. The van der Waals surface area contributed by atoms with Gasteiger partial charge in [0.05, 0.1) is 6.61 Å². The van der Waals surface area contributed by atoms with Gasteiger partial charge in [0.15, 0.2) is 0 Å². The molecule has 0 aliphatic carbocycles. The second-order valence-electron chi connectivity index (χ2n) is 3.01. The van der Waals surface area contributed by atoms with Crippen molar-refractivity contribution in [3.05, 3.63) is 24.0 Å². The molecule has 0 radical (unpaired) electrons. The first kappa shape index (κ1) is 9.29. The fraction of sp³-hybridized carbons (Fsp3) is 0.556. The summed E-state index contributed by atoms with van der Waals surface area (Å²) in [6.07, 6.45) is 4.92. The Hall–Kier alpha value is -0.800. The van der Waals surface area contributed by atoms with Crippen LogP contribution in [-0.4, -0.2) is 29.3 Å². The molecule has 1 unspecified atom stereocenters. The van der Waals surface area contributed by atoms with Crippen LogP contribution in [0.25, 0.3) is 0 Å². The van der Waals surface area contributed by atoms with E-state index in [1.807, 2.05) is 19.3 Å². The van der Waals surface area contributed by atoms with Gasteiger partial charge < -0.3 is 15.4 Å². The van der Waals surface area contributed by atoms with E-state index in [4.69, 9.17) is 5.11 Å². The van der Waals surface area contributed by atoms with Crippen molar-refractivity contribution in [1.82, 2.24) is 10.3 Å². The van der Waals surface area contributed by atoms with E-state index in [-0.39, 0.29) is 12.6 Å². The van der Waals surface area contributed by atoms with Crippen LogP contribution in [0.4, 0.5) is 0 Å². The van der Waals surface area contributed by atoms with Crippen molar-refractivity contribution in [2.45, 2.75) is 19.4 Å². The maximum absolute atomic E-state index is 8.72. The van der Waals surface area contributed by atoms with Gasteiger partial charge in [-0.05, 0) is 31.5 Å². The van der Waals surface area contributed by atoms with Gasteiger partial charge in [-0.3, -0.25) is 0 Å². The number of hydrogen-bond acceptors (Lipinski definition) is 2. The molecule has 0 amide bonds. The largest absolute Gasteiger partial charge is 0.395 e. The molecule has 0 aromatic carbocycles. The molecule has 1 atom stereocenters. The second kappa shape index (κ2) is 4.95. The van der Waals surface area contributed by atoms with Crippen LogP contribution in [0.2, 0.25) is 0 Å². The standard InChI is InChI=1S/C9H16N2O/c1-8(7-12)11-5-3-9-2-4-10-6-9/h2,4,6,8,10-12H,3,5,7H2,1H3. The SMILES string of the molecule is CC(CO)NCCc1cc[nH]c1. The molecule has 1 heterocycles. The zero-order valence-corrected chi connectivity index (χ0v) is 7.38. The van der Waals surface area contributed by atoms with Crippen LogP contribution in [0, 0.1) is 0 Å². The Balaban J connectivity index is 2.11. The Kier molecular flexibility index (Phi) is 3.84. The van der Waals surface area contributed by atoms with Gasteiger partial charge >= 0.3 is 0 Å². The number of hydrogen-bond donors (Lipinski definition) is 3. The Morgan fingerprint density at radius 1 is 1.67 bits per heavy atom. The summed E-state index contributed by atoms with van der Waals surface area (Å²) in [7, 11) is 0. The summed E-state index contributed by atoms with van der Waals surface area (Å²) >= 11 is 0. The highest BCUT2D eigenvalue weighted by Crippen LogP contribution is 1.96. The molecule has 1 aromatic rings. The summed E-state index contributed by atoms with van der Waals surface area (Å²) < 4.78 is 0. The molecule has 0 fully saturated rings. The third-order valence-electron chi connectivity index (χ3n) is 1.84. The number of aliphatic hydroxyl groups excluding tert-OH is 1. The molecule has 3 heteroatoms. The van der Waals surface area contributed by atoms with Gasteiger partial charge in [0, 0.05) is 18.4 Å². The Morgan fingerprint density at radius 3 is 3.08 bits per heavy atom. The predicted octanol–water partition coefficient (Wildman–Crippen LogP) is 0.528. The molecule has 0 aliphatic rings. The average Bonchev–Trinajstić information content (AvgIpc) is 2.57. The molecular weight excluding hydrogens is 152 g/mol. The van der Waals surface area contributed by atoms with E-state index in [0.29, 0.717) is 0 Å². The average molecular weight is 168 g/mol. The van der Waals surface area contributed by atoms with Gasteiger partial charge in [0.1, 0.15) is 0 Å². The monoisotopic (exact) mass is 168 g/mol. The third kappa shape index (κ3) is 3.07. The van der Waals surface area contributed by atoms with E-state index in [1.165, 1.54) is 5.56 Å². The lowest BCUT2D eigenvalue weighted by Gasteiger charge is -2.09. The highest BCUT2D eigenvalue weighted by molar-refractivity contribution is 5.08. The molecule has 0 spiro atoms. The molecule has 0 aliphatic heterocycles. The molecule has 1 rings (SSSR count). The highest BCUT2D eigenvalue weighted by atomic mass is 16.3. The number of aromatic amines is 1. The molecule has 0 bridgehead atoms. The lowest BCUT2D eigenvalue weighted by atomic mass is 10.2. The van der Waals surface area contributed by atoms with Crippen LogP contribution in [0.15, 0.2) is 18.5 Å². The highest BCUT2D eigenvalue weighted by Gasteiger charge is 1.97. The zero-order valence-electron chi connectivity index (χ0n) is 7.38. The molecule has 68 valence electrons. The van der Waals surface area contributed by atoms with E-state index < -0.39 is 0 Å². The van der Waals surface area contributed by atoms with Crippen molar-refractivity contribution in [1.29, 1.82) is 0 Å².